The summed E-state index contributed by atoms with van der Waals surface area (Å²) in [5.74, 6) is 0.675. The Balaban J connectivity index is 2.30. The summed E-state index contributed by atoms with van der Waals surface area (Å²) < 4.78 is 1.82. The van der Waals surface area contributed by atoms with Crippen LogP contribution in [-0.2, 0) is 7.05 Å². The standard InChI is InChI=1S/C10H11ClN4S/c1-6-4-10(15(3)14-6)16-9-5-8(11)12-7(2)13-9/h4-5H,1-3H3. The van der Waals surface area contributed by atoms with E-state index in [1.54, 1.807) is 6.07 Å². The molecule has 6 heteroatoms. The van der Waals surface area contributed by atoms with E-state index in [2.05, 4.69) is 15.1 Å². The first-order valence-electron chi connectivity index (χ1n) is 4.74. The summed E-state index contributed by atoms with van der Waals surface area (Å²) >= 11 is 7.40. The van der Waals surface area contributed by atoms with Gasteiger partial charge in [-0.05, 0) is 19.9 Å². The van der Waals surface area contributed by atoms with Crippen LogP contribution in [0.1, 0.15) is 11.5 Å². The molecule has 2 aromatic heterocycles. The Hall–Kier alpha value is -1.07. The second-order valence-electron chi connectivity index (χ2n) is 3.43. The van der Waals surface area contributed by atoms with Crippen molar-refractivity contribution in [3.05, 3.63) is 28.8 Å². The molecule has 0 saturated heterocycles. The van der Waals surface area contributed by atoms with Crippen LogP contribution in [0.4, 0.5) is 0 Å². The third-order valence-corrected chi connectivity index (χ3v) is 3.15. The summed E-state index contributed by atoms with van der Waals surface area (Å²) in [5, 5.41) is 6.61. The van der Waals surface area contributed by atoms with Crippen molar-refractivity contribution < 1.29 is 0 Å². The van der Waals surface area contributed by atoms with E-state index in [9.17, 15) is 0 Å². The molecule has 2 heterocycles. The topological polar surface area (TPSA) is 43.6 Å². The molecule has 0 spiro atoms. The first kappa shape index (κ1) is 11.4. The van der Waals surface area contributed by atoms with Crippen molar-refractivity contribution in [1.82, 2.24) is 19.7 Å². The maximum Gasteiger partial charge on any atom is 0.133 e. The van der Waals surface area contributed by atoms with Crippen LogP contribution >= 0.6 is 23.4 Å². The second kappa shape index (κ2) is 4.43. The molecule has 0 aliphatic rings. The third kappa shape index (κ3) is 2.54. The van der Waals surface area contributed by atoms with Gasteiger partial charge in [-0.2, -0.15) is 5.10 Å². The predicted octanol–water partition coefficient (Wildman–Crippen LogP) is 2.63. The van der Waals surface area contributed by atoms with Crippen molar-refractivity contribution >= 4 is 23.4 Å². The first-order valence-corrected chi connectivity index (χ1v) is 5.94. The SMILES string of the molecule is Cc1cc(Sc2cc(Cl)nc(C)n2)n(C)n1. The number of rotatable bonds is 2. The van der Waals surface area contributed by atoms with Crippen LogP contribution < -0.4 is 0 Å². The van der Waals surface area contributed by atoms with Crippen molar-refractivity contribution in [1.29, 1.82) is 0 Å². The summed E-state index contributed by atoms with van der Waals surface area (Å²) in [6.07, 6.45) is 0. The maximum atomic E-state index is 5.87. The molecule has 0 unspecified atom stereocenters. The van der Waals surface area contributed by atoms with Crippen LogP contribution in [-0.4, -0.2) is 19.7 Å². The monoisotopic (exact) mass is 254 g/mol. The molecule has 0 atom stereocenters. The Morgan fingerprint density at radius 2 is 2.00 bits per heavy atom. The maximum absolute atomic E-state index is 5.87. The highest BCUT2D eigenvalue weighted by Gasteiger charge is 2.07. The Labute approximate surface area is 103 Å². The molecule has 2 rings (SSSR count). The molecule has 0 fully saturated rings. The average molecular weight is 255 g/mol. The molecule has 0 aliphatic heterocycles. The molecule has 0 aliphatic carbocycles. The highest BCUT2D eigenvalue weighted by Crippen LogP contribution is 2.27. The number of aryl methyl sites for hydroxylation is 3. The number of aromatic nitrogens is 4. The van der Waals surface area contributed by atoms with Crippen molar-refractivity contribution in [2.45, 2.75) is 23.9 Å². The number of halogens is 1. The number of hydrogen-bond acceptors (Lipinski definition) is 4. The van der Waals surface area contributed by atoms with Gasteiger partial charge in [-0.15, -0.1) is 0 Å². The summed E-state index contributed by atoms with van der Waals surface area (Å²) in [5.41, 5.74) is 0.988. The highest BCUT2D eigenvalue weighted by atomic mass is 35.5. The van der Waals surface area contributed by atoms with E-state index in [-0.39, 0.29) is 0 Å². The van der Waals surface area contributed by atoms with Crippen molar-refractivity contribution in [3.8, 4) is 0 Å². The highest BCUT2D eigenvalue weighted by molar-refractivity contribution is 7.99. The number of hydrogen-bond donors (Lipinski definition) is 0. The van der Waals surface area contributed by atoms with Gasteiger partial charge in [0.05, 0.1) is 5.69 Å². The van der Waals surface area contributed by atoms with Gasteiger partial charge < -0.3 is 0 Å². The van der Waals surface area contributed by atoms with E-state index < -0.39 is 0 Å². The predicted molar refractivity (Wildman–Crippen MR) is 63.8 cm³/mol. The van der Waals surface area contributed by atoms with E-state index in [0.717, 1.165) is 15.7 Å². The van der Waals surface area contributed by atoms with E-state index in [0.29, 0.717) is 11.0 Å². The molecular weight excluding hydrogens is 244 g/mol. The van der Waals surface area contributed by atoms with E-state index in [1.807, 2.05) is 31.6 Å². The van der Waals surface area contributed by atoms with Gasteiger partial charge in [0.15, 0.2) is 0 Å². The van der Waals surface area contributed by atoms with Gasteiger partial charge in [-0.1, -0.05) is 23.4 Å². The minimum absolute atomic E-state index is 0.467. The fraction of sp³-hybridized carbons (Fsp3) is 0.300. The van der Waals surface area contributed by atoms with Crippen LogP contribution in [0.3, 0.4) is 0 Å². The Kier molecular flexibility index (Phi) is 3.16. The normalized spacial score (nSPS) is 10.8. The Bertz CT molecular complexity index is 503. The summed E-state index contributed by atoms with van der Waals surface area (Å²) in [4.78, 5) is 8.33. The van der Waals surface area contributed by atoms with Gasteiger partial charge >= 0.3 is 0 Å². The largest absolute Gasteiger partial charge is 0.261 e. The van der Waals surface area contributed by atoms with Gasteiger partial charge in [0, 0.05) is 13.1 Å². The lowest BCUT2D eigenvalue weighted by Gasteiger charge is -2.02. The summed E-state index contributed by atoms with van der Waals surface area (Å²) in [6, 6.07) is 3.76. The zero-order chi connectivity index (χ0) is 11.7. The van der Waals surface area contributed by atoms with Crippen LogP contribution in [0, 0.1) is 13.8 Å². The molecule has 0 aromatic carbocycles. The zero-order valence-corrected chi connectivity index (χ0v) is 10.8. The molecule has 2 aromatic rings. The Morgan fingerprint density at radius 3 is 2.56 bits per heavy atom. The summed E-state index contributed by atoms with van der Waals surface area (Å²) in [6.45, 7) is 3.78. The molecular formula is C10H11ClN4S. The first-order chi connectivity index (χ1) is 7.54. The molecule has 0 N–H and O–H groups in total. The smallest absolute Gasteiger partial charge is 0.133 e. The van der Waals surface area contributed by atoms with Crippen molar-refractivity contribution in [2.24, 2.45) is 7.05 Å². The quantitative estimate of drug-likeness (QED) is 0.773. The fourth-order valence-electron chi connectivity index (χ4n) is 1.35. The zero-order valence-electron chi connectivity index (χ0n) is 9.23. The average Bonchev–Trinajstić information content (AvgIpc) is 2.43. The molecule has 0 saturated carbocycles. The van der Waals surface area contributed by atoms with Gasteiger partial charge in [0.2, 0.25) is 0 Å². The Morgan fingerprint density at radius 1 is 1.25 bits per heavy atom. The van der Waals surface area contributed by atoms with Crippen LogP contribution in [0.5, 0.6) is 0 Å². The second-order valence-corrected chi connectivity index (χ2v) is 4.85. The van der Waals surface area contributed by atoms with Gasteiger partial charge in [0.25, 0.3) is 0 Å². The summed E-state index contributed by atoms with van der Waals surface area (Å²) in [7, 11) is 1.91. The lowest BCUT2D eigenvalue weighted by molar-refractivity contribution is 0.692. The van der Waals surface area contributed by atoms with Crippen LogP contribution in [0.25, 0.3) is 0 Å². The minimum atomic E-state index is 0.467. The molecule has 16 heavy (non-hydrogen) atoms. The minimum Gasteiger partial charge on any atom is -0.261 e. The van der Waals surface area contributed by atoms with E-state index >= 15 is 0 Å². The molecule has 0 radical (unpaired) electrons. The van der Waals surface area contributed by atoms with E-state index in [1.165, 1.54) is 11.8 Å². The van der Waals surface area contributed by atoms with Crippen LogP contribution in [0.15, 0.2) is 22.2 Å². The molecule has 4 nitrogen and oxygen atoms in total. The molecule has 0 amide bonds. The van der Waals surface area contributed by atoms with Gasteiger partial charge in [-0.25, -0.2) is 9.97 Å². The van der Waals surface area contributed by atoms with Gasteiger partial charge in [-0.3, -0.25) is 4.68 Å². The lowest BCUT2D eigenvalue weighted by atomic mass is 10.5. The number of nitrogens with zero attached hydrogens (tertiary/aromatic N) is 4. The van der Waals surface area contributed by atoms with Gasteiger partial charge in [0.1, 0.15) is 21.0 Å². The molecule has 84 valence electrons. The molecule has 0 bridgehead atoms. The van der Waals surface area contributed by atoms with Crippen LogP contribution in [0.2, 0.25) is 5.15 Å². The van der Waals surface area contributed by atoms with E-state index in [4.69, 9.17) is 11.6 Å². The third-order valence-electron chi connectivity index (χ3n) is 1.95. The van der Waals surface area contributed by atoms with Crippen molar-refractivity contribution in [3.63, 3.8) is 0 Å². The van der Waals surface area contributed by atoms with Crippen molar-refractivity contribution in [2.75, 3.05) is 0 Å². The lowest BCUT2D eigenvalue weighted by Crippen LogP contribution is -1.94. The fourth-order valence-corrected chi connectivity index (χ4v) is 2.60.